The molecule has 0 aliphatic rings. The Hall–Kier alpha value is -0.590. The Morgan fingerprint density at radius 3 is 2.45 bits per heavy atom. The molecule has 0 aliphatic carbocycles. The lowest BCUT2D eigenvalue weighted by Gasteiger charge is -1.98. The molecule has 0 rings (SSSR count). The standard InChI is InChI=1S/C10H18O/c1-4-6-9(3)8-10(11)7-5-2/h6H,4-5,7-8H2,1-3H3/b9-6+. The van der Waals surface area contributed by atoms with Gasteiger partial charge in [0.2, 0.25) is 0 Å². The van der Waals surface area contributed by atoms with Crippen molar-refractivity contribution in [2.24, 2.45) is 0 Å². The van der Waals surface area contributed by atoms with E-state index in [0.29, 0.717) is 12.2 Å². The second-order valence-corrected chi connectivity index (χ2v) is 2.92. The number of hydrogen-bond donors (Lipinski definition) is 0. The molecule has 1 nitrogen and oxygen atoms in total. The third-order valence-electron chi connectivity index (χ3n) is 1.56. The lowest BCUT2D eigenvalue weighted by Crippen LogP contribution is -1.96. The van der Waals surface area contributed by atoms with E-state index < -0.39 is 0 Å². The third kappa shape index (κ3) is 5.84. The molecular formula is C10H18O. The van der Waals surface area contributed by atoms with E-state index in [9.17, 15) is 4.79 Å². The molecule has 64 valence electrons. The molecule has 11 heavy (non-hydrogen) atoms. The van der Waals surface area contributed by atoms with Gasteiger partial charge in [0.15, 0.2) is 0 Å². The maximum absolute atomic E-state index is 11.1. The van der Waals surface area contributed by atoms with Crippen LogP contribution in [0, 0.1) is 0 Å². The van der Waals surface area contributed by atoms with Crippen molar-refractivity contribution in [3.05, 3.63) is 11.6 Å². The van der Waals surface area contributed by atoms with Crippen LogP contribution in [-0.4, -0.2) is 5.78 Å². The first-order valence-corrected chi connectivity index (χ1v) is 4.38. The van der Waals surface area contributed by atoms with Gasteiger partial charge < -0.3 is 0 Å². The Balaban J connectivity index is 3.66. The molecule has 0 heterocycles. The smallest absolute Gasteiger partial charge is 0.136 e. The van der Waals surface area contributed by atoms with Gasteiger partial charge in [0.1, 0.15) is 5.78 Å². The second-order valence-electron chi connectivity index (χ2n) is 2.92. The zero-order chi connectivity index (χ0) is 8.69. The first kappa shape index (κ1) is 10.4. The Morgan fingerprint density at radius 2 is 2.00 bits per heavy atom. The fourth-order valence-corrected chi connectivity index (χ4v) is 1.10. The van der Waals surface area contributed by atoms with Crippen LogP contribution in [0.3, 0.4) is 0 Å². The largest absolute Gasteiger partial charge is 0.299 e. The van der Waals surface area contributed by atoms with Crippen molar-refractivity contribution < 1.29 is 4.79 Å². The van der Waals surface area contributed by atoms with Crippen LogP contribution in [0.4, 0.5) is 0 Å². The Bertz CT molecular complexity index is 145. The molecule has 0 fully saturated rings. The molecule has 0 radical (unpaired) electrons. The maximum atomic E-state index is 11.1. The molecular weight excluding hydrogens is 136 g/mol. The van der Waals surface area contributed by atoms with Gasteiger partial charge in [-0.2, -0.15) is 0 Å². The van der Waals surface area contributed by atoms with Crippen LogP contribution in [0.2, 0.25) is 0 Å². The van der Waals surface area contributed by atoms with Gasteiger partial charge >= 0.3 is 0 Å². The van der Waals surface area contributed by atoms with Gasteiger partial charge in [0.25, 0.3) is 0 Å². The molecule has 0 bridgehead atoms. The average Bonchev–Trinajstić information content (AvgIpc) is 1.87. The van der Waals surface area contributed by atoms with E-state index in [4.69, 9.17) is 0 Å². The van der Waals surface area contributed by atoms with Gasteiger partial charge in [-0.3, -0.25) is 4.79 Å². The van der Waals surface area contributed by atoms with E-state index >= 15 is 0 Å². The van der Waals surface area contributed by atoms with E-state index in [2.05, 4.69) is 13.0 Å². The third-order valence-corrected chi connectivity index (χ3v) is 1.56. The highest BCUT2D eigenvalue weighted by Gasteiger charge is 1.99. The number of allylic oxidation sites excluding steroid dienone is 2. The normalized spacial score (nSPS) is 11.7. The van der Waals surface area contributed by atoms with Crippen molar-refractivity contribution in [2.75, 3.05) is 0 Å². The predicted molar refractivity (Wildman–Crippen MR) is 48.6 cm³/mol. The molecule has 0 atom stereocenters. The molecule has 0 aromatic carbocycles. The van der Waals surface area contributed by atoms with Crippen LogP contribution in [0.1, 0.15) is 46.5 Å². The molecule has 0 aliphatic heterocycles. The highest BCUT2D eigenvalue weighted by molar-refractivity contribution is 5.80. The zero-order valence-corrected chi connectivity index (χ0v) is 7.81. The summed E-state index contributed by atoms with van der Waals surface area (Å²) in [6, 6.07) is 0. The van der Waals surface area contributed by atoms with Crippen molar-refractivity contribution in [3.8, 4) is 0 Å². The minimum atomic E-state index is 0.370. The summed E-state index contributed by atoms with van der Waals surface area (Å²) in [6.45, 7) is 6.15. The van der Waals surface area contributed by atoms with Crippen LogP contribution in [0.15, 0.2) is 11.6 Å². The molecule has 0 saturated heterocycles. The molecule has 1 heteroatoms. The van der Waals surface area contributed by atoms with Crippen molar-refractivity contribution in [2.45, 2.75) is 46.5 Å². The van der Waals surface area contributed by atoms with Crippen molar-refractivity contribution in [3.63, 3.8) is 0 Å². The number of carbonyl (C=O) groups excluding carboxylic acids is 1. The highest BCUT2D eigenvalue weighted by atomic mass is 16.1. The van der Waals surface area contributed by atoms with Crippen LogP contribution in [0.25, 0.3) is 0 Å². The number of Topliss-reactive ketones (excluding diaryl/α,β-unsaturated/α-hetero) is 1. The molecule has 0 N–H and O–H groups in total. The van der Waals surface area contributed by atoms with Gasteiger partial charge in [-0.25, -0.2) is 0 Å². The topological polar surface area (TPSA) is 17.1 Å². The molecule has 0 unspecified atom stereocenters. The lowest BCUT2D eigenvalue weighted by atomic mass is 10.1. The van der Waals surface area contributed by atoms with Crippen LogP contribution in [-0.2, 0) is 4.79 Å². The van der Waals surface area contributed by atoms with Gasteiger partial charge in [-0.15, -0.1) is 0 Å². The summed E-state index contributed by atoms with van der Waals surface area (Å²) in [4.78, 5) is 11.1. The van der Waals surface area contributed by atoms with Crippen LogP contribution in [0.5, 0.6) is 0 Å². The fourth-order valence-electron chi connectivity index (χ4n) is 1.10. The summed E-state index contributed by atoms with van der Waals surface area (Å²) in [7, 11) is 0. The summed E-state index contributed by atoms with van der Waals surface area (Å²) >= 11 is 0. The summed E-state index contributed by atoms with van der Waals surface area (Å²) < 4.78 is 0. The molecule has 0 aromatic heterocycles. The monoisotopic (exact) mass is 154 g/mol. The average molecular weight is 154 g/mol. The SMILES string of the molecule is CC/C=C(\C)CC(=O)CCC. The number of ketones is 1. The fraction of sp³-hybridized carbons (Fsp3) is 0.700. The summed E-state index contributed by atoms with van der Waals surface area (Å²) in [5.41, 5.74) is 1.21. The van der Waals surface area contributed by atoms with Gasteiger partial charge in [0, 0.05) is 12.8 Å². The quantitative estimate of drug-likeness (QED) is 0.556. The summed E-state index contributed by atoms with van der Waals surface area (Å²) in [6.07, 6.45) is 5.51. The van der Waals surface area contributed by atoms with E-state index in [1.165, 1.54) is 5.57 Å². The van der Waals surface area contributed by atoms with Crippen LogP contribution < -0.4 is 0 Å². The zero-order valence-electron chi connectivity index (χ0n) is 7.81. The Kier molecular flexibility index (Phi) is 5.81. The maximum Gasteiger partial charge on any atom is 0.136 e. The van der Waals surface area contributed by atoms with E-state index in [-0.39, 0.29) is 0 Å². The lowest BCUT2D eigenvalue weighted by molar-refractivity contribution is -0.118. The van der Waals surface area contributed by atoms with E-state index in [1.54, 1.807) is 0 Å². The van der Waals surface area contributed by atoms with Gasteiger partial charge in [-0.05, 0) is 19.8 Å². The highest BCUT2D eigenvalue weighted by Crippen LogP contribution is 2.05. The minimum Gasteiger partial charge on any atom is -0.299 e. The molecule has 0 spiro atoms. The Morgan fingerprint density at radius 1 is 1.36 bits per heavy atom. The minimum absolute atomic E-state index is 0.370. The molecule has 0 amide bonds. The van der Waals surface area contributed by atoms with Gasteiger partial charge in [0.05, 0.1) is 0 Å². The second kappa shape index (κ2) is 6.14. The van der Waals surface area contributed by atoms with Gasteiger partial charge in [-0.1, -0.05) is 25.5 Å². The molecule has 0 aromatic rings. The van der Waals surface area contributed by atoms with E-state index in [1.807, 2.05) is 13.8 Å². The van der Waals surface area contributed by atoms with Crippen molar-refractivity contribution >= 4 is 5.78 Å². The first-order chi connectivity index (χ1) is 5.20. The number of carbonyl (C=O) groups is 1. The first-order valence-electron chi connectivity index (χ1n) is 4.38. The van der Waals surface area contributed by atoms with Crippen molar-refractivity contribution in [1.29, 1.82) is 0 Å². The Labute approximate surface area is 69.5 Å². The van der Waals surface area contributed by atoms with Crippen molar-refractivity contribution in [1.82, 2.24) is 0 Å². The predicted octanol–water partition coefficient (Wildman–Crippen LogP) is 3.10. The van der Waals surface area contributed by atoms with Crippen LogP contribution >= 0.6 is 0 Å². The number of rotatable bonds is 5. The summed E-state index contributed by atoms with van der Waals surface area (Å²) in [5, 5.41) is 0. The summed E-state index contributed by atoms with van der Waals surface area (Å²) in [5.74, 6) is 0.370. The molecule has 0 saturated carbocycles. The van der Waals surface area contributed by atoms with E-state index in [0.717, 1.165) is 19.3 Å². The number of hydrogen-bond acceptors (Lipinski definition) is 1.